The van der Waals surface area contributed by atoms with Gasteiger partial charge in [0.2, 0.25) is 0 Å². The Hall–Kier alpha value is -0.910. The first-order valence-corrected chi connectivity index (χ1v) is 6.52. The highest BCUT2D eigenvalue weighted by atomic mass is 32.1. The van der Waals surface area contributed by atoms with E-state index in [2.05, 4.69) is 19.2 Å². The second-order valence-corrected chi connectivity index (χ2v) is 5.48. The minimum absolute atomic E-state index is 0.167. The summed E-state index contributed by atoms with van der Waals surface area (Å²) in [6, 6.07) is 3.72. The van der Waals surface area contributed by atoms with Crippen LogP contribution in [0, 0.1) is 5.92 Å². The fraction of sp³-hybridized carbons (Fsp3) is 0.583. The van der Waals surface area contributed by atoms with Crippen LogP contribution in [0.5, 0.6) is 0 Å². The lowest BCUT2D eigenvalue weighted by Gasteiger charge is -2.21. The average molecular weight is 257 g/mol. The summed E-state index contributed by atoms with van der Waals surface area (Å²) in [5.74, 6) is -0.432. The van der Waals surface area contributed by atoms with Gasteiger partial charge in [-0.15, -0.1) is 11.3 Å². The van der Waals surface area contributed by atoms with Crippen LogP contribution in [0.4, 0.5) is 0 Å². The van der Waals surface area contributed by atoms with Gasteiger partial charge in [0.05, 0.1) is 0 Å². The van der Waals surface area contributed by atoms with Crippen molar-refractivity contribution in [2.24, 2.45) is 5.92 Å². The highest BCUT2D eigenvalue weighted by Crippen LogP contribution is 2.17. The lowest BCUT2D eigenvalue weighted by Crippen LogP contribution is -2.33. The van der Waals surface area contributed by atoms with Crippen molar-refractivity contribution in [2.45, 2.75) is 32.9 Å². The van der Waals surface area contributed by atoms with Crippen molar-refractivity contribution in [1.29, 1.82) is 0 Å². The zero-order valence-corrected chi connectivity index (χ0v) is 11.0. The van der Waals surface area contributed by atoms with Crippen molar-refractivity contribution in [1.82, 2.24) is 5.32 Å². The Morgan fingerprint density at radius 3 is 2.65 bits per heavy atom. The number of hydrogen-bond acceptors (Lipinski definition) is 4. The highest BCUT2D eigenvalue weighted by molar-refractivity contribution is 7.13. The molecule has 0 radical (unpaired) electrons. The molecular formula is C12H19NO3S. The zero-order chi connectivity index (χ0) is 12.8. The van der Waals surface area contributed by atoms with E-state index in [1.165, 1.54) is 11.3 Å². The van der Waals surface area contributed by atoms with Crippen LogP contribution in [0.25, 0.3) is 0 Å². The van der Waals surface area contributed by atoms with E-state index in [0.717, 1.165) is 11.3 Å². The first-order valence-electron chi connectivity index (χ1n) is 5.70. The summed E-state index contributed by atoms with van der Waals surface area (Å²) in [7, 11) is 0. The van der Waals surface area contributed by atoms with Gasteiger partial charge in [-0.1, -0.05) is 13.8 Å². The Kier molecular flexibility index (Phi) is 5.61. The molecule has 0 saturated carbocycles. The van der Waals surface area contributed by atoms with Crippen LogP contribution < -0.4 is 5.32 Å². The summed E-state index contributed by atoms with van der Waals surface area (Å²) in [5, 5.41) is 21.1. The second kappa shape index (κ2) is 6.74. The van der Waals surface area contributed by atoms with Gasteiger partial charge in [-0.3, -0.25) is 0 Å². The minimum atomic E-state index is -0.878. The standard InChI is InChI=1S/C12H19NO3S/c1-8(2)10(5-6-14)13-7-9-3-4-11(17-9)12(15)16/h3-4,8,10,13-14H,5-7H2,1-2H3,(H,15,16). The summed E-state index contributed by atoms with van der Waals surface area (Å²) in [5.41, 5.74) is 0. The van der Waals surface area contributed by atoms with Gasteiger partial charge in [-0.05, 0) is 24.5 Å². The number of hydrogen-bond donors (Lipinski definition) is 3. The van der Waals surface area contributed by atoms with Crippen LogP contribution >= 0.6 is 11.3 Å². The second-order valence-electron chi connectivity index (χ2n) is 4.31. The molecule has 0 aliphatic heterocycles. The van der Waals surface area contributed by atoms with Crippen LogP contribution in [0.2, 0.25) is 0 Å². The van der Waals surface area contributed by atoms with E-state index < -0.39 is 5.97 Å². The van der Waals surface area contributed by atoms with E-state index in [4.69, 9.17) is 10.2 Å². The zero-order valence-electron chi connectivity index (χ0n) is 10.1. The summed E-state index contributed by atoms with van der Waals surface area (Å²) in [6.07, 6.45) is 0.717. The van der Waals surface area contributed by atoms with Crippen molar-refractivity contribution in [3.8, 4) is 0 Å². The van der Waals surface area contributed by atoms with E-state index in [9.17, 15) is 4.79 Å². The number of thiophene rings is 1. The summed E-state index contributed by atoms with van der Waals surface area (Å²) >= 11 is 1.29. The molecule has 1 aromatic rings. The normalized spacial score (nSPS) is 12.9. The molecule has 0 aliphatic carbocycles. The van der Waals surface area contributed by atoms with Crippen LogP contribution in [0.3, 0.4) is 0 Å². The predicted molar refractivity (Wildman–Crippen MR) is 68.4 cm³/mol. The maximum absolute atomic E-state index is 10.7. The van der Waals surface area contributed by atoms with Crippen molar-refractivity contribution in [3.63, 3.8) is 0 Å². The molecule has 17 heavy (non-hydrogen) atoms. The summed E-state index contributed by atoms with van der Waals surface area (Å²) in [4.78, 5) is 12.1. The monoisotopic (exact) mass is 257 g/mol. The fourth-order valence-electron chi connectivity index (χ4n) is 1.63. The minimum Gasteiger partial charge on any atom is -0.477 e. The summed E-state index contributed by atoms with van der Waals surface area (Å²) < 4.78 is 0. The Balaban J connectivity index is 2.50. The largest absolute Gasteiger partial charge is 0.477 e. The van der Waals surface area contributed by atoms with Gasteiger partial charge in [0, 0.05) is 24.1 Å². The van der Waals surface area contributed by atoms with Gasteiger partial charge < -0.3 is 15.5 Å². The number of aliphatic hydroxyl groups excluding tert-OH is 1. The van der Waals surface area contributed by atoms with Crippen molar-refractivity contribution in [2.75, 3.05) is 6.61 Å². The first kappa shape index (κ1) is 14.2. The molecule has 0 bridgehead atoms. The van der Waals surface area contributed by atoms with Crippen LogP contribution in [-0.4, -0.2) is 28.8 Å². The average Bonchev–Trinajstić information content (AvgIpc) is 2.72. The van der Waals surface area contributed by atoms with Gasteiger partial charge in [-0.2, -0.15) is 0 Å². The third-order valence-corrected chi connectivity index (χ3v) is 3.73. The molecule has 1 heterocycles. The number of aromatic carboxylic acids is 1. The highest BCUT2D eigenvalue weighted by Gasteiger charge is 2.13. The summed E-state index contributed by atoms with van der Waals surface area (Å²) in [6.45, 7) is 5.02. The molecule has 0 amide bonds. The molecule has 1 atom stereocenters. The maximum atomic E-state index is 10.7. The predicted octanol–water partition coefficient (Wildman–Crippen LogP) is 1.94. The molecule has 0 spiro atoms. The van der Waals surface area contributed by atoms with E-state index in [-0.39, 0.29) is 12.6 Å². The molecule has 96 valence electrons. The molecule has 3 N–H and O–H groups in total. The van der Waals surface area contributed by atoms with E-state index >= 15 is 0 Å². The third kappa shape index (κ3) is 4.46. The molecule has 1 unspecified atom stereocenters. The number of carbonyl (C=O) groups is 1. The van der Waals surface area contributed by atoms with Crippen LogP contribution in [-0.2, 0) is 6.54 Å². The van der Waals surface area contributed by atoms with E-state index in [1.807, 2.05) is 6.07 Å². The number of aliphatic hydroxyl groups is 1. The molecule has 4 nitrogen and oxygen atoms in total. The molecule has 0 aliphatic rings. The van der Waals surface area contributed by atoms with Gasteiger partial charge in [0.15, 0.2) is 0 Å². The lowest BCUT2D eigenvalue weighted by atomic mass is 10.0. The molecular weight excluding hydrogens is 238 g/mol. The van der Waals surface area contributed by atoms with Crippen LogP contribution in [0.15, 0.2) is 12.1 Å². The van der Waals surface area contributed by atoms with E-state index in [1.54, 1.807) is 6.07 Å². The van der Waals surface area contributed by atoms with Crippen molar-refractivity contribution >= 4 is 17.3 Å². The van der Waals surface area contributed by atoms with E-state index in [0.29, 0.717) is 17.3 Å². The third-order valence-electron chi connectivity index (χ3n) is 2.66. The van der Waals surface area contributed by atoms with Gasteiger partial charge in [-0.25, -0.2) is 4.79 Å². The molecule has 1 rings (SSSR count). The Bertz CT molecular complexity index is 362. The number of carboxylic acids is 1. The number of nitrogens with one attached hydrogen (secondary N) is 1. The molecule has 0 saturated heterocycles. The van der Waals surface area contributed by atoms with Gasteiger partial charge >= 0.3 is 5.97 Å². The Morgan fingerprint density at radius 2 is 2.18 bits per heavy atom. The Labute approximate surface area is 105 Å². The Morgan fingerprint density at radius 1 is 1.47 bits per heavy atom. The van der Waals surface area contributed by atoms with Gasteiger partial charge in [0.25, 0.3) is 0 Å². The topological polar surface area (TPSA) is 69.6 Å². The van der Waals surface area contributed by atoms with Crippen LogP contribution in [0.1, 0.15) is 34.8 Å². The number of rotatable bonds is 7. The number of carboxylic acid groups (broad SMARTS) is 1. The van der Waals surface area contributed by atoms with Crippen molar-refractivity contribution in [3.05, 3.63) is 21.9 Å². The van der Waals surface area contributed by atoms with Gasteiger partial charge in [0.1, 0.15) is 4.88 Å². The molecule has 1 aromatic heterocycles. The lowest BCUT2D eigenvalue weighted by molar-refractivity contribution is 0.0702. The maximum Gasteiger partial charge on any atom is 0.345 e. The molecule has 5 heteroatoms. The quantitative estimate of drug-likeness (QED) is 0.698. The SMILES string of the molecule is CC(C)C(CCO)NCc1ccc(C(=O)O)s1. The molecule has 0 aromatic carbocycles. The first-order chi connectivity index (χ1) is 8.04. The fourth-order valence-corrected chi connectivity index (χ4v) is 2.43. The van der Waals surface area contributed by atoms with Crippen molar-refractivity contribution < 1.29 is 15.0 Å². The molecule has 0 fully saturated rings. The smallest absolute Gasteiger partial charge is 0.345 e.